The minimum absolute atomic E-state index is 0.0316. The van der Waals surface area contributed by atoms with Crippen molar-refractivity contribution < 1.29 is 17.6 Å². The molecule has 1 heterocycles. The summed E-state index contributed by atoms with van der Waals surface area (Å²) in [5.74, 6) is 0.525. The Morgan fingerprint density at radius 2 is 2.05 bits per heavy atom. The topological polar surface area (TPSA) is 49.0 Å². The van der Waals surface area contributed by atoms with E-state index in [1.807, 2.05) is 0 Å². The van der Waals surface area contributed by atoms with Gasteiger partial charge in [-0.25, -0.2) is 0 Å². The Kier molecular flexibility index (Phi) is 3.47. The van der Waals surface area contributed by atoms with Crippen LogP contribution in [0.25, 0.3) is 0 Å². The molecule has 0 fully saturated rings. The molecule has 1 aromatic heterocycles. The first-order valence-electron chi connectivity index (χ1n) is 5.38. The Labute approximate surface area is 107 Å². The van der Waals surface area contributed by atoms with Crippen molar-refractivity contribution in [2.24, 2.45) is 0 Å². The maximum absolute atomic E-state index is 12.9. The SMILES string of the molecule is N#Cc1ccc(NCc2ccco2)c(C(F)(F)F)c1. The number of hydrogen-bond acceptors (Lipinski definition) is 3. The van der Waals surface area contributed by atoms with E-state index in [0.29, 0.717) is 5.76 Å². The van der Waals surface area contributed by atoms with Crippen LogP contribution in [0.2, 0.25) is 0 Å². The molecule has 6 heteroatoms. The molecule has 0 bridgehead atoms. The third-order valence-corrected chi connectivity index (χ3v) is 2.49. The molecule has 0 saturated heterocycles. The van der Waals surface area contributed by atoms with Crippen LogP contribution >= 0.6 is 0 Å². The van der Waals surface area contributed by atoms with Gasteiger partial charge in [-0.3, -0.25) is 0 Å². The zero-order valence-electron chi connectivity index (χ0n) is 9.66. The van der Waals surface area contributed by atoms with E-state index in [4.69, 9.17) is 9.68 Å². The van der Waals surface area contributed by atoms with E-state index in [9.17, 15) is 13.2 Å². The van der Waals surface area contributed by atoms with Crippen molar-refractivity contribution in [1.29, 1.82) is 5.26 Å². The van der Waals surface area contributed by atoms with Crippen LogP contribution < -0.4 is 5.32 Å². The predicted molar refractivity (Wildman–Crippen MR) is 62.2 cm³/mol. The van der Waals surface area contributed by atoms with Gasteiger partial charge in [0.25, 0.3) is 0 Å². The smallest absolute Gasteiger partial charge is 0.418 e. The number of benzene rings is 1. The molecule has 1 N–H and O–H groups in total. The summed E-state index contributed by atoms with van der Waals surface area (Å²) in [5.41, 5.74) is -0.975. The minimum atomic E-state index is -4.52. The molecule has 2 aromatic rings. The summed E-state index contributed by atoms with van der Waals surface area (Å²) in [6.07, 6.45) is -3.07. The highest BCUT2D eigenvalue weighted by Gasteiger charge is 2.33. The highest BCUT2D eigenvalue weighted by Crippen LogP contribution is 2.35. The first kappa shape index (κ1) is 13.0. The number of alkyl halides is 3. The molecule has 0 spiro atoms. The van der Waals surface area contributed by atoms with Crippen molar-refractivity contribution in [2.45, 2.75) is 12.7 Å². The minimum Gasteiger partial charge on any atom is -0.467 e. The van der Waals surface area contributed by atoms with E-state index in [0.717, 1.165) is 6.07 Å². The number of nitriles is 1. The summed E-state index contributed by atoms with van der Waals surface area (Å²) < 4.78 is 43.6. The first-order valence-corrected chi connectivity index (χ1v) is 5.38. The molecule has 0 radical (unpaired) electrons. The fraction of sp³-hybridized carbons (Fsp3) is 0.154. The molecular weight excluding hydrogens is 257 g/mol. The van der Waals surface area contributed by atoms with Gasteiger partial charge < -0.3 is 9.73 Å². The number of nitrogens with zero attached hydrogens (tertiary/aromatic N) is 1. The van der Waals surface area contributed by atoms with Crippen LogP contribution in [0.3, 0.4) is 0 Å². The third-order valence-electron chi connectivity index (χ3n) is 2.49. The Hall–Kier alpha value is -2.42. The van der Waals surface area contributed by atoms with E-state index in [1.54, 1.807) is 18.2 Å². The molecule has 0 aliphatic rings. The number of halogens is 3. The van der Waals surface area contributed by atoms with Gasteiger partial charge >= 0.3 is 6.18 Å². The molecule has 3 nitrogen and oxygen atoms in total. The molecule has 0 saturated carbocycles. The highest BCUT2D eigenvalue weighted by molar-refractivity contribution is 5.56. The fourth-order valence-corrected chi connectivity index (χ4v) is 1.60. The number of anilines is 1. The number of nitrogens with one attached hydrogen (secondary N) is 1. The predicted octanol–water partition coefficient (Wildman–Crippen LogP) is 3.78. The average Bonchev–Trinajstić information content (AvgIpc) is 2.88. The molecule has 0 atom stereocenters. The van der Waals surface area contributed by atoms with E-state index < -0.39 is 11.7 Å². The van der Waals surface area contributed by atoms with Crippen molar-refractivity contribution in [3.8, 4) is 6.07 Å². The summed E-state index contributed by atoms with van der Waals surface area (Å²) in [6, 6.07) is 8.40. The lowest BCUT2D eigenvalue weighted by molar-refractivity contribution is -0.137. The van der Waals surface area contributed by atoms with E-state index in [1.165, 1.54) is 18.4 Å². The van der Waals surface area contributed by atoms with Gasteiger partial charge in [-0.05, 0) is 30.3 Å². The van der Waals surface area contributed by atoms with Gasteiger partial charge in [0.15, 0.2) is 0 Å². The lowest BCUT2D eigenvalue weighted by atomic mass is 10.1. The van der Waals surface area contributed by atoms with Gasteiger partial charge in [-0.15, -0.1) is 0 Å². The van der Waals surface area contributed by atoms with Gasteiger partial charge in [0.2, 0.25) is 0 Å². The van der Waals surface area contributed by atoms with Crippen LogP contribution in [-0.2, 0) is 12.7 Å². The van der Waals surface area contributed by atoms with E-state index in [-0.39, 0.29) is 17.8 Å². The van der Waals surface area contributed by atoms with Gasteiger partial charge in [0.1, 0.15) is 5.76 Å². The zero-order valence-corrected chi connectivity index (χ0v) is 9.66. The van der Waals surface area contributed by atoms with Crippen LogP contribution in [0, 0.1) is 11.3 Å². The molecule has 1 aromatic carbocycles. The first-order chi connectivity index (χ1) is 9.00. The van der Waals surface area contributed by atoms with Crippen molar-refractivity contribution >= 4 is 5.69 Å². The van der Waals surface area contributed by atoms with E-state index in [2.05, 4.69) is 5.32 Å². The third kappa shape index (κ3) is 3.07. The molecule has 0 amide bonds. The van der Waals surface area contributed by atoms with Crippen molar-refractivity contribution in [2.75, 3.05) is 5.32 Å². The quantitative estimate of drug-likeness (QED) is 0.919. The van der Waals surface area contributed by atoms with Gasteiger partial charge in [-0.2, -0.15) is 18.4 Å². The molecule has 0 aliphatic carbocycles. The lowest BCUT2D eigenvalue weighted by Crippen LogP contribution is -2.11. The Balaban J connectivity index is 2.27. The fourth-order valence-electron chi connectivity index (χ4n) is 1.60. The van der Waals surface area contributed by atoms with Crippen LogP contribution in [0.5, 0.6) is 0 Å². The van der Waals surface area contributed by atoms with Crippen molar-refractivity contribution in [1.82, 2.24) is 0 Å². The Morgan fingerprint density at radius 1 is 1.26 bits per heavy atom. The van der Waals surface area contributed by atoms with Crippen molar-refractivity contribution in [3.05, 3.63) is 53.5 Å². The number of hydrogen-bond donors (Lipinski definition) is 1. The van der Waals surface area contributed by atoms with Crippen LogP contribution in [0.1, 0.15) is 16.9 Å². The second-order valence-corrected chi connectivity index (χ2v) is 3.80. The molecule has 2 rings (SSSR count). The molecule has 98 valence electrons. The zero-order chi connectivity index (χ0) is 13.9. The van der Waals surface area contributed by atoms with Gasteiger partial charge in [-0.1, -0.05) is 0 Å². The Morgan fingerprint density at radius 3 is 2.63 bits per heavy atom. The summed E-state index contributed by atoms with van der Waals surface area (Å²) in [6.45, 7) is 0.141. The Bertz CT molecular complexity index is 597. The van der Waals surface area contributed by atoms with Crippen LogP contribution in [0.4, 0.5) is 18.9 Å². The van der Waals surface area contributed by atoms with Crippen LogP contribution in [-0.4, -0.2) is 0 Å². The molecule has 19 heavy (non-hydrogen) atoms. The summed E-state index contributed by atoms with van der Waals surface area (Å²) in [7, 11) is 0. The summed E-state index contributed by atoms with van der Waals surface area (Å²) in [5, 5.41) is 11.3. The normalized spacial score (nSPS) is 11.1. The molecular formula is C13H9F3N2O. The standard InChI is InChI=1S/C13H9F3N2O/c14-13(15,16)11-6-9(7-17)3-4-12(11)18-8-10-2-1-5-19-10/h1-6,18H,8H2. The highest BCUT2D eigenvalue weighted by atomic mass is 19.4. The second-order valence-electron chi connectivity index (χ2n) is 3.80. The lowest BCUT2D eigenvalue weighted by Gasteiger charge is -2.14. The maximum atomic E-state index is 12.9. The van der Waals surface area contributed by atoms with E-state index >= 15 is 0 Å². The van der Waals surface area contributed by atoms with Gasteiger partial charge in [0.05, 0.1) is 30.0 Å². The summed E-state index contributed by atoms with van der Waals surface area (Å²) >= 11 is 0. The van der Waals surface area contributed by atoms with Gasteiger partial charge in [0, 0.05) is 5.69 Å². The number of furan rings is 1. The summed E-state index contributed by atoms with van der Waals surface area (Å²) in [4.78, 5) is 0. The second kappa shape index (κ2) is 5.06. The maximum Gasteiger partial charge on any atom is 0.418 e. The number of rotatable bonds is 3. The average molecular weight is 266 g/mol. The molecule has 0 aliphatic heterocycles. The van der Waals surface area contributed by atoms with Crippen molar-refractivity contribution in [3.63, 3.8) is 0 Å². The monoisotopic (exact) mass is 266 g/mol. The largest absolute Gasteiger partial charge is 0.467 e. The molecule has 0 unspecified atom stereocenters. The van der Waals surface area contributed by atoms with Crippen LogP contribution in [0.15, 0.2) is 41.0 Å².